The van der Waals surface area contributed by atoms with Gasteiger partial charge in [0.1, 0.15) is 24.6 Å². The van der Waals surface area contributed by atoms with Crippen molar-refractivity contribution >= 4 is 11.0 Å². The van der Waals surface area contributed by atoms with Crippen molar-refractivity contribution in [3.63, 3.8) is 0 Å². The predicted molar refractivity (Wildman–Crippen MR) is 101 cm³/mol. The van der Waals surface area contributed by atoms with E-state index in [2.05, 4.69) is 16.7 Å². The number of hydrogen-bond donors (Lipinski definition) is 0. The third-order valence-corrected chi connectivity index (χ3v) is 4.67. The Bertz CT molecular complexity index is 998. The number of ether oxygens (including phenoxy) is 3. The SMILES string of the molecule is COc1ccc(-c2cc(=[N+]3CCOCC3)c3ccccc3o2)cc1OC. The highest BCUT2D eigenvalue weighted by atomic mass is 16.5. The second-order valence-corrected chi connectivity index (χ2v) is 6.16. The van der Waals surface area contributed by atoms with Gasteiger partial charge in [-0.15, -0.1) is 0 Å². The van der Waals surface area contributed by atoms with Gasteiger partial charge in [0.05, 0.1) is 25.7 Å². The van der Waals surface area contributed by atoms with Crippen LogP contribution in [0, 0.1) is 0 Å². The zero-order valence-electron chi connectivity index (χ0n) is 15.0. The lowest BCUT2D eigenvalue weighted by atomic mass is 10.1. The Morgan fingerprint density at radius 3 is 2.42 bits per heavy atom. The fourth-order valence-corrected chi connectivity index (χ4v) is 3.31. The average Bonchev–Trinajstić information content (AvgIpc) is 2.73. The van der Waals surface area contributed by atoms with E-state index < -0.39 is 0 Å². The molecule has 5 heteroatoms. The molecule has 0 amide bonds. The van der Waals surface area contributed by atoms with Crippen molar-refractivity contribution in [2.75, 3.05) is 40.5 Å². The molecule has 0 N–H and O–H groups in total. The molecule has 2 aromatic carbocycles. The minimum atomic E-state index is 0.682. The minimum Gasteiger partial charge on any atom is -0.493 e. The monoisotopic (exact) mass is 352 g/mol. The number of methoxy groups -OCH3 is 2. The largest absolute Gasteiger partial charge is 0.493 e. The summed E-state index contributed by atoms with van der Waals surface area (Å²) in [6.07, 6.45) is 0. The molecule has 3 aromatic rings. The molecule has 0 atom stereocenters. The van der Waals surface area contributed by atoms with Gasteiger partial charge in [-0.3, -0.25) is 0 Å². The third kappa shape index (κ3) is 3.06. The maximum Gasteiger partial charge on any atom is 0.214 e. The van der Waals surface area contributed by atoms with Gasteiger partial charge in [0.2, 0.25) is 5.36 Å². The van der Waals surface area contributed by atoms with Gasteiger partial charge in [0, 0.05) is 5.56 Å². The normalized spacial score (nSPS) is 14.5. The molecule has 5 nitrogen and oxygen atoms in total. The first kappa shape index (κ1) is 16.7. The van der Waals surface area contributed by atoms with Crippen molar-refractivity contribution in [2.24, 2.45) is 0 Å². The van der Waals surface area contributed by atoms with E-state index >= 15 is 0 Å². The molecule has 0 unspecified atom stereocenters. The van der Waals surface area contributed by atoms with Crippen LogP contribution in [-0.2, 0) is 4.74 Å². The fourth-order valence-electron chi connectivity index (χ4n) is 3.31. The van der Waals surface area contributed by atoms with Crippen LogP contribution in [0.2, 0.25) is 0 Å². The highest BCUT2D eigenvalue weighted by Gasteiger charge is 2.17. The summed E-state index contributed by atoms with van der Waals surface area (Å²) in [7, 11) is 3.27. The zero-order chi connectivity index (χ0) is 17.9. The van der Waals surface area contributed by atoms with Crippen molar-refractivity contribution < 1.29 is 18.6 Å². The van der Waals surface area contributed by atoms with Gasteiger partial charge in [-0.1, -0.05) is 12.1 Å². The van der Waals surface area contributed by atoms with Crippen LogP contribution in [0.25, 0.3) is 22.3 Å². The predicted octanol–water partition coefficient (Wildman–Crippen LogP) is 2.92. The Morgan fingerprint density at radius 2 is 1.65 bits per heavy atom. The number of para-hydroxylation sites is 1. The first-order valence-electron chi connectivity index (χ1n) is 8.71. The lowest BCUT2D eigenvalue weighted by Crippen LogP contribution is -2.40. The van der Waals surface area contributed by atoms with Crippen LogP contribution >= 0.6 is 0 Å². The number of morpholine rings is 1. The summed E-state index contributed by atoms with van der Waals surface area (Å²) in [4.78, 5) is 0. The van der Waals surface area contributed by atoms with E-state index in [0.717, 1.165) is 48.6 Å². The summed E-state index contributed by atoms with van der Waals surface area (Å²) in [5.41, 5.74) is 1.81. The van der Waals surface area contributed by atoms with Gasteiger partial charge in [0.15, 0.2) is 24.6 Å². The summed E-state index contributed by atoms with van der Waals surface area (Å²) < 4.78 is 24.8. The first-order chi connectivity index (χ1) is 12.8. The van der Waals surface area contributed by atoms with Crippen LogP contribution in [0.5, 0.6) is 11.5 Å². The summed E-state index contributed by atoms with van der Waals surface area (Å²) in [5, 5.41) is 2.28. The van der Waals surface area contributed by atoms with Crippen molar-refractivity contribution in [3.8, 4) is 22.8 Å². The van der Waals surface area contributed by atoms with Crippen LogP contribution in [-0.4, -0.2) is 40.5 Å². The first-order valence-corrected chi connectivity index (χ1v) is 8.71. The number of rotatable bonds is 3. The molecule has 26 heavy (non-hydrogen) atoms. The molecule has 1 saturated heterocycles. The molecule has 1 aromatic heterocycles. The Hall–Kier alpha value is -2.79. The minimum absolute atomic E-state index is 0.682. The quantitative estimate of drug-likeness (QED) is 0.680. The maximum absolute atomic E-state index is 6.20. The van der Waals surface area contributed by atoms with Crippen molar-refractivity contribution in [3.05, 3.63) is 53.9 Å². The lowest BCUT2D eigenvalue weighted by molar-refractivity contribution is 0.0967. The van der Waals surface area contributed by atoms with Crippen LogP contribution in [0.4, 0.5) is 0 Å². The van der Waals surface area contributed by atoms with Crippen molar-refractivity contribution in [2.45, 2.75) is 0 Å². The molecule has 2 heterocycles. The number of fused-ring (bicyclic) bond motifs is 1. The molecule has 4 rings (SSSR count). The molecular formula is C21H22NO4+. The Labute approximate surface area is 152 Å². The summed E-state index contributed by atoms with van der Waals surface area (Å²) in [5.74, 6) is 2.18. The second kappa shape index (κ2) is 7.22. The Balaban J connectivity index is 1.94. The van der Waals surface area contributed by atoms with E-state index in [1.807, 2.05) is 36.4 Å². The van der Waals surface area contributed by atoms with Gasteiger partial charge < -0.3 is 18.6 Å². The fraction of sp³-hybridized carbons (Fsp3) is 0.286. The second-order valence-electron chi connectivity index (χ2n) is 6.16. The number of hydrogen-bond acceptors (Lipinski definition) is 4. The van der Waals surface area contributed by atoms with Gasteiger partial charge in [0.25, 0.3) is 0 Å². The molecule has 0 bridgehead atoms. The van der Waals surface area contributed by atoms with Crippen LogP contribution in [0.15, 0.2) is 52.9 Å². The van der Waals surface area contributed by atoms with E-state index in [1.54, 1.807) is 14.2 Å². The zero-order valence-corrected chi connectivity index (χ0v) is 15.0. The smallest absolute Gasteiger partial charge is 0.214 e. The van der Waals surface area contributed by atoms with Gasteiger partial charge in [-0.2, -0.15) is 0 Å². The lowest BCUT2D eigenvalue weighted by Gasteiger charge is -2.12. The van der Waals surface area contributed by atoms with E-state index in [4.69, 9.17) is 18.6 Å². The van der Waals surface area contributed by atoms with Crippen LogP contribution in [0.3, 0.4) is 0 Å². The Kier molecular flexibility index (Phi) is 4.63. The summed E-state index contributed by atoms with van der Waals surface area (Å²) in [6.45, 7) is 3.23. The maximum atomic E-state index is 6.20. The molecule has 1 fully saturated rings. The van der Waals surface area contributed by atoms with Gasteiger partial charge in [-0.05, 0) is 30.3 Å². The molecule has 0 saturated carbocycles. The molecule has 0 aliphatic carbocycles. The highest BCUT2D eigenvalue weighted by Crippen LogP contribution is 2.32. The molecule has 0 radical (unpaired) electrons. The number of nitrogens with zero attached hydrogens (tertiary/aromatic N) is 1. The molecule has 0 spiro atoms. The van der Waals surface area contributed by atoms with Gasteiger partial charge >= 0.3 is 0 Å². The van der Waals surface area contributed by atoms with Gasteiger partial charge in [-0.25, -0.2) is 4.58 Å². The summed E-state index contributed by atoms with van der Waals surface area (Å²) >= 11 is 0. The molecule has 1 aliphatic rings. The van der Waals surface area contributed by atoms with E-state index in [1.165, 1.54) is 5.36 Å². The van der Waals surface area contributed by atoms with E-state index in [9.17, 15) is 0 Å². The Morgan fingerprint density at radius 1 is 0.885 bits per heavy atom. The number of benzene rings is 2. The molecule has 1 aliphatic heterocycles. The molecular weight excluding hydrogens is 330 g/mol. The van der Waals surface area contributed by atoms with Crippen LogP contribution < -0.4 is 19.4 Å². The average molecular weight is 352 g/mol. The standard InChI is InChI=1S/C21H22NO4/c1-23-19-8-7-15(13-21(19)24-2)20-14-17(22-9-11-25-12-10-22)16-5-3-4-6-18(16)26-20/h3-8,13-14H,9-12H2,1-2H3/q+1. The summed E-state index contributed by atoms with van der Waals surface area (Å²) in [6, 6.07) is 16.1. The van der Waals surface area contributed by atoms with Crippen LogP contribution in [0.1, 0.15) is 0 Å². The third-order valence-electron chi connectivity index (χ3n) is 4.67. The van der Waals surface area contributed by atoms with Crippen molar-refractivity contribution in [1.82, 2.24) is 4.58 Å². The molecule has 134 valence electrons. The topological polar surface area (TPSA) is 43.8 Å². The highest BCUT2D eigenvalue weighted by molar-refractivity contribution is 5.78. The van der Waals surface area contributed by atoms with E-state index in [0.29, 0.717) is 11.5 Å². The van der Waals surface area contributed by atoms with E-state index in [-0.39, 0.29) is 0 Å². The van der Waals surface area contributed by atoms with Crippen molar-refractivity contribution in [1.29, 1.82) is 0 Å².